The highest BCUT2D eigenvalue weighted by Crippen LogP contribution is 2.33. The summed E-state index contributed by atoms with van der Waals surface area (Å²) in [6.45, 7) is 2.94. The molecule has 1 fully saturated rings. The van der Waals surface area contributed by atoms with Crippen LogP contribution in [0.3, 0.4) is 0 Å². The first-order valence-electron chi connectivity index (χ1n) is 6.85. The SMILES string of the molecule is Cc1ccc(-n2c(C3CCCO3)nc3cccnc32)s1. The van der Waals surface area contributed by atoms with Crippen LogP contribution in [0, 0.1) is 6.92 Å². The highest BCUT2D eigenvalue weighted by molar-refractivity contribution is 7.14. The monoisotopic (exact) mass is 285 g/mol. The molecule has 0 saturated carbocycles. The second kappa shape index (κ2) is 4.68. The summed E-state index contributed by atoms with van der Waals surface area (Å²) in [5, 5.41) is 1.16. The molecule has 102 valence electrons. The minimum Gasteiger partial charge on any atom is -0.370 e. The van der Waals surface area contributed by atoms with Crippen molar-refractivity contribution in [2.75, 3.05) is 6.61 Å². The number of ether oxygens (including phenoxy) is 1. The van der Waals surface area contributed by atoms with E-state index in [0.29, 0.717) is 0 Å². The van der Waals surface area contributed by atoms with E-state index in [1.807, 2.05) is 18.3 Å². The van der Waals surface area contributed by atoms with E-state index in [0.717, 1.165) is 41.4 Å². The third kappa shape index (κ3) is 1.85. The number of aryl methyl sites for hydroxylation is 1. The number of pyridine rings is 1. The summed E-state index contributed by atoms with van der Waals surface area (Å²) < 4.78 is 7.99. The highest BCUT2D eigenvalue weighted by Gasteiger charge is 2.26. The maximum absolute atomic E-state index is 5.83. The third-order valence-electron chi connectivity index (χ3n) is 3.61. The second-order valence-electron chi connectivity index (χ2n) is 5.04. The van der Waals surface area contributed by atoms with Crippen LogP contribution < -0.4 is 0 Å². The van der Waals surface area contributed by atoms with Gasteiger partial charge in [0.2, 0.25) is 0 Å². The average Bonchev–Trinajstić information content (AvgIpc) is 3.16. The lowest BCUT2D eigenvalue weighted by Crippen LogP contribution is -2.06. The Kier molecular flexibility index (Phi) is 2.82. The Hall–Kier alpha value is -1.72. The molecule has 4 heterocycles. The lowest BCUT2D eigenvalue weighted by Gasteiger charge is -2.11. The molecule has 1 saturated heterocycles. The van der Waals surface area contributed by atoms with E-state index in [1.54, 1.807) is 11.3 Å². The molecule has 0 bridgehead atoms. The number of nitrogens with zero attached hydrogens (tertiary/aromatic N) is 3. The maximum atomic E-state index is 5.83. The molecule has 20 heavy (non-hydrogen) atoms. The van der Waals surface area contributed by atoms with E-state index in [-0.39, 0.29) is 6.10 Å². The van der Waals surface area contributed by atoms with Gasteiger partial charge in [-0.25, -0.2) is 9.97 Å². The van der Waals surface area contributed by atoms with Crippen molar-refractivity contribution >= 4 is 22.5 Å². The zero-order valence-electron chi connectivity index (χ0n) is 11.2. The van der Waals surface area contributed by atoms with Gasteiger partial charge in [-0.15, -0.1) is 11.3 Å². The molecule has 5 heteroatoms. The molecular weight excluding hydrogens is 270 g/mol. The summed E-state index contributed by atoms with van der Waals surface area (Å²) in [6.07, 6.45) is 4.05. The van der Waals surface area contributed by atoms with Crippen molar-refractivity contribution in [1.82, 2.24) is 14.5 Å². The standard InChI is InChI=1S/C15H15N3OS/c1-10-6-7-13(20-10)18-14-11(4-2-8-16-14)17-15(18)12-5-3-9-19-12/h2,4,6-8,12H,3,5,9H2,1H3. The van der Waals surface area contributed by atoms with E-state index < -0.39 is 0 Å². The molecule has 3 aromatic rings. The topological polar surface area (TPSA) is 39.9 Å². The zero-order chi connectivity index (χ0) is 13.5. The number of fused-ring (bicyclic) bond motifs is 1. The van der Waals surface area contributed by atoms with Crippen molar-refractivity contribution in [3.8, 4) is 5.00 Å². The van der Waals surface area contributed by atoms with Crippen molar-refractivity contribution in [2.45, 2.75) is 25.9 Å². The molecule has 4 rings (SSSR count). The van der Waals surface area contributed by atoms with Crippen molar-refractivity contribution in [2.24, 2.45) is 0 Å². The normalized spacial score (nSPS) is 18.9. The van der Waals surface area contributed by atoms with Crippen molar-refractivity contribution in [3.05, 3.63) is 41.2 Å². The van der Waals surface area contributed by atoms with Gasteiger partial charge in [-0.3, -0.25) is 4.57 Å². The molecule has 4 nitrogen and oxygen atoms in total. The Bertz CT molecular complexity index is 755. The van der Waals surface area contributed by atoms with Gasteiger partial charge in [0.05, 0.1) is 0 Å². The molecule has 1 atom stereocenters. The number of thiophene rings is 1. The minimum atomic E-state index is 0.0895. The summed E-state index contributed by atoms with van der Waals surface area (Å²) in [4.78, 5) is 10.6. The van der Waals surface area contributed by atoms with Crippen LogP contribution in [0.5, 0.6) is 0 Å². The molecule has 3 aromatic heterocycles. The predicted molar refractivity (Wildman–Crippen MR) is 79.4 cm³/mol. The molecule has 0 N–H and O–H groups in total. The second-order valence-corrected chi connectivity index (χ2v) is 6.30. The van der Waals surface area contributed by atoms with Gasteiger partial charge in [-0.1, -0.05) is 0 Å². The van der Waals surface area contributed by atoms with Crippen LogP contribution in [-0.4, -0.2) is 21.1 Å². The number of imidazole rings is 1. The Labute approximate surface area is 121 Å². The van der Waals surface area contributed by atoms with Crippen molar-refractivity contribution in [3.63, 3.8) is 0 Å². The lowest BCUT2D eigenvalue weighted by atomic mass is 10.2. The fraction of sp³-hybridized carbons (Fsp3) is 0.333. The first-order valence-corrected chi connectivity index (χ1v) is 7.66. The van der Waals surface area contributed by atoms with Gasteiger partial charge in [0.25, 0.3) is 0 Å². The summed E-state index contributed by atoms with van der Waals surface area (Å²) in [5.74, 6) is 0.984. The van der Waals surface area contributed by atoms with E-state index >= 15 is 0 Å². The third-order valence-corrected chi connectivity index (χ3v) is 4.59. The molecule has 0 amide bonds. The van der Waals surface area contributed by atoms with Gasteiger partial charge in [0.1, 0.15) is 22.4 Å². The lowest BCUT2D eigenvalue weighted by molar-refractivity contribution is 0.104. The minimum absolute atomic E-state index is 0.0895. The first-order chi connectivity index (χ1) is 9.83. The molecule has 0 aliphatic carbocycles. The van der Waals surface area contributed by atoms with Crippen LogP contribution in [0.4, 0.5) is 0 Å². The van der Waals surface area contributed by atoms with Crippen LogP contribution in [0.25, 0.3) is 16.2 Å². The average molecular weight is 285 g/mol. The first kappa shape index (κ1) is 12.1. The quantitative estimate of drug-likeness (QED) is 0.721. The number of hydrogen-bond acceptors (Lipinski definition) is 4. The Morgan fingerprint density at radius 2 is 2.30 bits per heavy atom. The molecule has 1 aliphatic rings. The van der Waals surface area contributed by atoms with E-state index in [2.05, 4.69) is 28.6 Å². The summed E-state index contributed by atoms with van der Waals surface area (Å²) in [5.41, 5.74) is 1.85. The highest BCUT2D eigenvalue weighted by atomic mass is 32.1. The molecule has 0 radical (unpaired) electrons. The molecular formula is C15H15N3OS. The molecule has 0 aromatic carbocycles. The van der Waals surface area contributed by atoms with Crippen LogP contribution in [0.2, 0.25) is 0 Å². The maximum Gasteiger partial charge on any atom is 0.165 e. The number of rotatable bonds is 2. The van der Waals surface area contributed by atoms with Gasteiger partial charge < -0.3 is 4.74 Å². The van der Waals surface area contributed by atoms with E-state index in [4.69, 9.17) is 9.72 Å². The Morgan fingerprint density at radius 1 is 1.35 bits per heavy atom. The molecule has 0 spiro atoms. The molecule has 1 unspecified atom stereocenters. The van der Waals surface area contributed by atoms with E-state index in [1.165, 1.54) is 4.88 Å². The summed E-state index contributed by atoms with van der Waals surface area (Å²) in [7, 11) is 0. The Balaban J connectivity index is 1.97. The van der Waals surface area contributed by atoms with Gasteiger partial charge in [0.15, 0.2) is 5.65 Å². The predicted octanol–water partition coefficient (Wildman–Crippen LogP) is 3.64. The largest absolute Gasteiger partial charge is 0.370 e. The Morgan fingerprint density at radius 3 is 3.05 bits per heavy atom. The number of hydrogen-bond donors (Lipinski definition) is 0. The van der Waals surface area contributed by atoms with E-state index in [9.17, 15) is 0 Å². The fourth-order valence-electron chi connectivity index (χ4n) is 2.69. The smallest absolute Gasteiger partial charge is 0.165 e. The van der Waals surface area contributed by atoms with Crippen LogP contribution in [-0.2, 0) is 4.74 Å². The zero-order valence-corrected chi connectivity index (χ0v) is 12.1. The summed E-state index contributed by atoms with van der Waals surface area (Å²) in [6, 6.07) is 8.21. The van der Waals surface area contributed by atoms with Crippen LogP contribution in [0.1, 0.15) is 29.6 Å². The fourth-order valence-corrected chi connectivity index (χ4v) is 3.56. The number of aromatic nitrogens is 3. The van der Waals surface area contributed by atoms with Gasteiger partial charge in [0, 0.05) is 17.7 Å². The van der Waals surface area contributed by atoms with Gasteiger partial charge in [-0.05, 0) is 44.0 Å². The van der Waals surface area contributed by atoms with Crippen LogP contribution in [0.15, 0.2) is 30.5 Å². The summed E-state index contributed by atoms with van der Waals surface area (Å²) >= 11 is 1.76. The molecule has 1 aliphatic heterocycles. The van der Waals surface area contributed by atoms with Gasteiger partial charge >= 0.3 is 0 Å². The van der Waals surface area contributed by atoms with Crippen LogP contribution >= 0.6 is 11.3 Å². The van der Waals surface area contributed by atoms with Crippen molar-refractivity contribution < 1.29 is 4.74 Å². The van der Waals surface area contributed by atoms with Crippen molar-refractivity contribution in [1.29, 1.82) is 0 Å². The van der Waals surface area contributed by atoms with Gasteiger partial charge in [-0.2, -0.15) is 0 Å².